The molecule has 0 aliphatic carbocycles. The maximum atomic E-state index is 14.3. The number of piperazine rings is 1. The van der Waals surface area contributed by atoms with Gasteiger partial charge in [0.15, 0.2) is 17.3 Å². The summed E-state index contributed by atoms with van der Waals surface area (Å²) in [4.78, 5) is 51.6. The number of rotatable bonds is 7. The number of nitrogens with one attached hydrogen (secondary N) is 1. The Kier molecular flexibility index (Phi) is 10.1. The third-order valence-corrected chi connectivity index (χ3v) is 9.26. The first-order valence-electron chi connectivity index (χ1n) is 16.2. The van der Waals surface area contributed by atoms with E-state index in [4.69, 9.17) is 16.3 Å². The molecule has 1 unspecified atom stereocenters. The zero-order chi connectivity index (χ0) is 41.3. The number of carbonyl (C=O) groups excluding carboxylic acids is 2. The van der Waals surface area contributed by atoms with Crippen LogP contribution >= 0.6 is 11.6 Å². The number of aromatic hydroxyl groups is 1. The number of hydrogen-bond acceptors (Lipinski definition) is 17. The van der Waals surface area contributed by atoms with E-state index in [1.807, 2.05) is 0 Å². The van der Waals surface area contributed by atoms with Crippen molar-refractivity contribution in [3.63, 3.8) is 0 Å². The van der Waals surface area contributed by atoms with Crippen molar-refractivity contribution in [2.75, 3.05) is 23.4 Å². The largest absolute Gasteiger partial charge is 0.504 e. The van der Waals surface area contributed by atoms with Gasteiger partial charge in [-0.05, 0) is 43.5 Å². The molecule has 25 heteroatoms. The van der Waals surface area contributed by atoms with Gasteiger partial charge in [-0.15, -0.1) is 5.10 Å². The standard InChI is InChI=1S/C31H31ClF3N9O12/c1-3-18-21(44-29(50,51)26(49)42(30(52,53)31(44,54)55)24(47)20-22(46)13(2)36-12-37-20)25(48)43-27(39-23(40-43)14-6-8-56-9-7-14)41(18)11-19(45)38-17-5-4-15(10-16(17)32)28(33,34)35/h4-6,10,12,26,46,49-55H,3,7-9,11H2,1-2H3,(H,38,45). The van der Waals surface area contributed by atoms with Gasteiger partial charge < -0.3 is 55.5 Å². The molecular formula is C31H31ClF3N9O12. The number of nitrogens with zero attached hydrogens (tertiary/aromatic N) is 8. The fourth-order valence-corrected chi connectivity index (χ4v) is 6.37. The molecule has 21 nitrogen and oxygen atoms in total. The summed E-state index contributed by atoms with van der Waals surface area (Å²) in [5.41, 5.74) is -5.55. The van der Waals surface area contributed by atoms with E-state index in [1.54, 1.807) is 6.08 Å². The summed E-state index contributed by atoms with van der Waals surface area (Å²) in [5.74, 6) is -17.8. The van der Waals surface area contributed by atoms with E-state index in [-0.39, 0.29) is 36.8 Å². The number of anilines is 2. The number of hydrogen-bond donors (Lipinski definition) is 9. The zero-order valence-corrected chi connectivity index (χ0v) is 29.6. The number of aliphatic hydroxyl groups is 7. The molecule has 3 aromatic heterocycles. The second-order valence-corrected chi connectivity index (χ2v) is 12.9. The van der Waals surface area contributed by atoms with E-state index in [2.05, 4.69) is 25.4 Å². The predicted molar refractivity (Wildman–Crippen MR) is 180 cm³/mol. The lowest BCUT2D eigenvalue weighted by atomic mass is 10.0. The Labute approximate surface area is 315 Å². The van der Waals surface area contributed by atoms with Crippen LogP contribution in [-0.2, 0) is 28.7 Å². The average molecular weight is 814 g/mol. The first-order chi connectivity index (χ1) is 26.0. The van der Waals surface area contributed by atoms with Crippen LogP contribution in [0.4, 0.5) is 24.5 Å². The molecule has 2 amide bonds. The maximum Gasteiger partial charge on any atom is 0.416 e. The third kappa shape index (κ3) is 6.48. The molecule has 1 fully saturated rings. The molecule has 5 heterocycles. The van der Waals surface area contributed by atoms with Gasteiger partial charge >= 0.3 is 18.0 Å². The molecule has 1 atom stereocenters. The zero-order valence-electron chi connectivity index (χ0n) is 28.8. The van der Waals surface area contributed by atoms with Gasteiger partial charge in [-0.1, -0.05) is 24.6 Å². The molecule has 2 aliphatic heterocycles. The number of benzene rings is 1. The first-order valence-corrected chi connectivity index (χ1v) is 16.6. The van der Waals surface area contributed by atoms with Gasteiger partial charge in [-0.25, -0.2) is 14.9 Å². The first kappa shape index (κ1) is 40.4. The quantitative estimate of drug-likeness (QED) is 0.0966. The number of halogens is 4. The molecule has 6 rings (SSSR count). The number of aliphatic hydroxyl groups excluding tert-OH is 1. The predicted octanol–water partition coefficient (Wildman–Crippen LogP) is -1.43. The number of aryl methyl sites for hydroxylation is 1. The van der Waals surface area contributed by atoms with Crippen molar-refractivity contribution in [3.8, 4) is 5.75 Å². The van der Waals surface area contributed by atoms with Gasteiger partial charge in [0.05, 0.1) is 40.9 Å². The molecule has 56 heavy (non-hydrogen) atoms. The van der Waals surface area contributed by atoms with Crippen molar-refractivity contribution in [1.82, 2.24) is 34.0 Å². The van der Waals surface area contributed by atoms with Crippen molar-refractivity contribution in [3.05, 3.63) is 74.4 Å². The third-order valence-electron chi connectivity index (χ3n) is 8.95. The van der Waals surface area contributed by atoms with Gasteiger partial charge in [-0.2, -0.15) is 22.7 Å². The van der Waals surface area contributed by atoms with E-state index in [0.717, 1.165) is 17.0 Å². The van der Waals surface area contributed by atoms with Crippen LogP contribution < -0.4 is 15.8 Å². The number of amides is 2. The SMILES string of the molecule is CCc1c(N2C(O)(O)C(O)N(C(=O)c3ncnc(C)c3O)C(O)(O)C2(O)O)c(=O)n2nc(C3=CCOCC3)nc2n1CC(=O)Nc1ccc(C(F)(F)F)cc1Cl. The Hall–Kier alpha value is -5.31. The number of ether oxygens (including phenoxy) is 1. The van der Waals surface area contributed by atoms with E-state index in [9.17, 15) is 68.4 Å². The maximum absolute atomic E-state index is 14.3. The average Bonchev–Trinajstić information content (AvgIpc) is 3.57. The number of fused-ring (bicyclic) bond motifs is 1. The highest BCUT2D eigenvalue weighted by molar-refractivity contribution is 6.33. The lowest BCUT2D eigenvalue weighted by Gasteiger charge is -2.58. The smallest absolute Gasteiger partial charge is 0.416 e. The van der Waals surface area contributed by atoms with Crippen LogP contribution in [0.25, 0.3) is 11.4 Å². The highest BCUT2D eigenvalue weighted by atomic mass is 35.5. The molecule has 0 bridgehead atoms. The van der Waals surface area contributed by atoms with E-state index in [0.29, 0.717) is 22.2 Å². The summed E-state index contributed by atoms with van der Waals surface area (Å²) < 4.78 is 46.4. The van der Waals surface area contributed by atoms with Gasteiger partial charge in [0, 0.05) is 0 Å². The highest BCUT2D eigenvalue weighted by Crippen LogP contribution is 2.44. The fourth-order valence-electron chi connectivity index (χ4n) is 6.14. The molecule has 9 N–H and O–H groups in total. The second kappa shape index (κ2) is 14.0. The van der Waals surface area contributed by atoms with Crippen molar-refractivity contribution >= 4 is 46.1 Å². The molecule has 0 spiro atoms. The summed E-state index contributed by atoms with van der Waals surface area (Å²) in [7, 11) is 0. The van der Waals surface area contributed by atoms with Crippen LogP contribution in [0.15, 0.2) is 35.4 Å². The van der Waals surface area contributed by atoms with Crippen LogP contribution in [0.1, 0.15) is 46.6 Å². The number of alkyl halides is 3. The van der Waals surface area contributed by atoms with Crippen LogP contribution in [0.5, 0.6) is 5.75 Å². The van der Waals surface area contributed by atoms with Gasteiger partial charge in [0.2, 0.25) is 17.9 Å². The van der Waals surface area contributed by atoms with Gasteiger partial charge in [0.1, 0.15) is 18.6 Å². The van der Waals surface area contributed by atoms with E-state index >= 15 is 0 Å². The Morgan fingerprint density at radius 1 is 1.11 bits per heavy atom. The minimum absolute atomic E-state index is 0.114. The number of aromatic nitrogens is 6. The Bertz CT molecular complexity index is 2350. The number of carbonyl (C=O) groups is 2. The molecular weight excluding hydrogens is 783 g/mol. The molecule has 0 radical (unpaired) electrons. The summed E-state index contributed by atoms with van der Waals surface area (Å²) in [6, 6.07) is 2.07. The summed E-state index contributed by atoms with van der Waals surface area (Å²) in [5, 5.41) is 95.6. The lowest BCUT2D eigenvalue weighted by Crippen LogP contribution is -2.87. The molecule has 1 saturated heterocycles. The van der Waals surface area contributed by atoms with Crippen LogP contribution in [0.2, 0.25) is 5.02 Å². The highest BCUT2D eigenvalue weighted by Gasteiger charge is 2.73. The molecule has 4 aromatic rings. The minimum atomic E-state index is -4.77. The van der Waals surface area contributed by atoms with Crippen LogP contribution in [-0.4, -0.2) is 124 Å². The van der Waals surface area contributed by atoms with Crippen molar-refractivity contribution in [1.29, 1.82) is 0 Å². The Balaban J connectivity index is 1.53. The van der Waals surface area contributed by atoms with Crippen LogP contribution in [0, 0.1) is 6.92 Å². The molecule has 300 valence electrons. The van der Waals surface area contributed by atoms with Gasteiger partial charge in [-0.3, -0.25) is 19.3 Å². The molecule has 0 saturated carbocycles. The summed E-state index contributed by atoms with van der Waals surface area (Å²) in [6.07, 6.45) is -6.00. The monoisotopic (exact) mass is 813 g/mol. The van der Waals surface area contributed by atoms with Crippen molar-refractivity contribution in [2.45, 2.75) is 63.4 Å². The van der Waals surface area contributed by atoms with E-state index in [1.165, 1.54) is 13.8 Å². The van der Waals surface area contributed by atoms with Crippen molar-refractivity contribution in [2.24, 2.45) is 0 Å². The lowest BCUT2D eigenvalue weighted by molar-refractivity contribution is -0.473. The molecule has 2 aliphatic rings. The summed E-state index contributed by atoms with van der Waals surface area (Å²) in [6.45, 7) is 1.92. The Morgan fingerprint density at radius 3 is 2.41 bits per heavy atom. The normalized spacial score (nSPS) is 19.2. The minimum Gasteiger partial charge on any atom is -0.504 e. The Morgan fingerprint density at radius 2 is 1.80 bits per heavy atom. The van der Waals surface area contributed by atoms with Crippen LogP contribution in [0.3, 0.4) is 0 Å². The van der Waals surface area contributed by atoms with Crippen molar-refractivity contribution < 1.29 is 68.3 Å². The summed E-state index contributed by atoms with van der Waals surface area (Å²) >= 11 is 6.02. The second-order valence-electron chi connectivity index (χ2n) is 12.5. The topological polar surface area (TPSA) is 302 Å². The fraction of sp³-hybridized carbons (Fsp3) is 0.387. The van der Waals surface area contributed by atoms with E-state index < -0.39 is 109 Å². The molecule has 1 aromatic carbocycles. The van der Waals surface area contributed by atoms with Gasteiger partial charge in [0.25, 0.3) is 17.4 Å².